The molecule has 0 nitrogen and oxygen atoms in total. The average Bonchev–Trinajstić information content (AvgIpc) is 1.86. The van der Waals surface area contributed by atoms with Crippen molar-refractivity contribution in [2.75, 3.05) is 0 Å². The first kappa shape index (κ1) is 6.99. The molecular formula is C6H7Co-. The van der Waals surface area contributed by atoms with E-state index in [1.54, 1.807) is 0 Å². The van der Waals surface area contributed by atoms with Crippen LogP contribution < -0.4 is 0 Å². The minimum Gasteiger partial charge on any atom is -0.270 e. The molecule has 1 aliphatic rings. The summed E-state index contributed by atoms with van der Waals surface area (Å²) in [4.78, 5) is 0. The van der Waals surface area contributed by atoms with Crippen LogP contribution in [-0.2, 0) is 16.8 Å². The third kappa shape index (κ3) is 1.95. The minimum absolute atomic E-state index is 0. The van der Waals surface area contributed by atoms with Gasteiger partial charge in [0.05, 0.1) is 0 Å². The summed E-state index contributed by atoms with van der Waals surface area (Å²) in [5, 5.41) is 0. The number of allylic oxidation sites excluding steroid dienone is 4. The predicted octanol–water partition coefficient (Wildman–Crippen LogP) is 1.69. The van der Waals surface area contributed by atoms with Gasteiger partial charge in [0.25, 0.3) is 0 Å². The monoisotopic (exact) mass is 138 g/mol. The number of hydrogen-bond donors (Lipinski definition) is 0. The smallest absolute Gasteiger partial charge is 0 e. The van der Waals surface area contributed by atoms with Gasteiger partial charge in [0, 0.05) is 16.8 Å². The summed E-state index contributed by atoms with van der Waals surface area (Å²) in [6, 6.07) is 0. The van der Waals surface area contributed by atoms with E-state index >= 15 is 0 Å². The molecule has 0 heterocycles. The molecule has 0 aromatic carbocycles. The van der Waals surface area contributed by atoms with E-state index in [1.165, 1.54) is 5.57 Å². The molecule has 0 amide bonds. The van der Waals surface area contributed by atoms with Crippen molar-refractivity contribution in [1.29, 1.82) is 0 Å². The van der Waals surface area contributed by atoms with Crippen LogP contribution >= 0.6 is 0 Å². The molecule has 1 heteroatoms. The third-order valence-corrected chi connectivity index (χ3v) is 0.867. The topological polar surface area (TPSA) is 0 Å². The van der Waals surface area contributed by atoms with Gasteiger partial charge in [-0.3, -0.25) is 6.08 Å². The summed E-state index contributed by atoms with van der Waals surface area (Å²) < 4.78 is 0. The Morgan fingerprint density at radius 3 is 2.57 bits per heavy atom. The van der Waals surface area contributed by atoms with Crippen molar-refractivity contribution in [1.82, 2.24) is 0 Å². The molecule has 7 heavy (non-hydrogen) atoms. The van der Waals surface area contributed by atoms with Gasteiger partial charge in [0.15, 0.2) is 0 Å². The Kier molecular flexibility index (Phi) is 3.04. The Morgan fingerprint density at radius 1 is 1.71 bits per heavy atom. The van der Waals surface area contributed by atoms with Crippen LogP contribution in [0.3, 0.4) is 0 Å². The van der Waals surface area contributed by atoms with Crippen LogP contribution in [0.25, 0.3) is 0 Å². The molecule has 0 atom stereocenters. The van der Waals surface area contributed by atoms with Gasteiger partial charge in [-0.1, -0.05) is 6.92 Å². The van der Waals surface area contributed by atoms with Gasteiger partial charge >= 0.3 is 0 Å². The molecule has 0 aliphatic heterocycles. The molecular weight excluding hydrogens is 131 g/mol. The fraction of sp³-hybridized carbons (Fsp3) is 0.333. The molecule has 0 saturated carbocycles. The van der Waals surface area contributed by atoms with Crippen LogP contribution in [0.5, 0.6) is 0 Å². The van der Waals surface area contributed by atoms with E-state index < -0.39 is 0 Å². The fourth-order valence-corrected chi connectivity index (χ4v) is 0.515. The standard InChI is InChI=1S/C6H7.Co/c1-6-4-2-3-5-6;/h2,4H,3H2,1H3;/q-1;. The number of hydrogen-bond acceptors (Lipinski definition) is 0. The molecule has 0 spiro atoms. The summed E-state index contributed by atoms with van der Waals surface area (Å²) >= 11 is 0. The van der Waals surface area contributed by atoms with E-state index in [2.05, 4.69) is 25.2 Å². The van der Waals surface area contributed by atoms with Crippen LogP contribution in [-0.4, -0.2) is 0 Å². The van der Waals surface area contributed by atoms with E-state index in [-0.39, 0.29) is 16.8 Å². The molecule has 0 unspecified atom stereocenters. The van der Waals surface area contributed by atoms with E-state index in [4.69, 9.17) is 0 Å². The Labute approximate surface area is 54.5 Å². The van der Waals surface area contributed by atoms with Gasteiger partial charge in [0.2, 0.25) is 0 Å². The maximum absolute atomic E-state index is 3.12. The fourth-order valence-electron chi connectivity index (χ4n) is 0.515. The van der Waals surface area contributed by atoms with Crippen LogP contribution in [0.4, 0.5) is 0 Å². The zero-order chi connectivity index (χ0) is 4.41. The van der Waals surface area contributed by atoms with E-state index in [0.29, 0.717) is 0 Å². The van der Waals surface area contributed by atoms with Crippen LogP contribution in [0.1, 0.15) is 13.3 Å². The molecule has 0 bridgehead atoms. The molecule has 0 aromatic heterocycles. The van der Waals surface area contributed by atoms with Gasteiger partial charge in [-0.25, -0.2) is 11.6 Å². The molecule has 0 saturated heterocycles. The summed E-state index contributed by atoms with van der Waals surface area (Å²) in [6.45, 7) is 2.06. The van der Waals surface area contributed by atoms with Crippen molar-refractivity contribution >= 4 is 0 Å². The van der Waals surface area contributed by atoms with Gasteiger partial charge in [-0.05, 0) is 0 Å². The Balaban J connectivity index is 0.000000360. The second-order valence-electron chi connectivity index (χ2n) is 1.47. The zero-order valence-corrected chi connectivity index (χ0v) is 5.24. The van der Waals surface area contributed by atoms with Crippen molar-refractivity contribution in [2.24, 2.45) is 0 Å². The zero-order valence-electron chi connectivity index (χ0n) is 4.20. The summed E-state index contributed by atoms with van der Waals surface area (Å²) in [5.41, 5.74) is 1.27. The first-order valence-corrected chi connectivity index (χ1v) is 2.13. The van der Waals surface area contributed by atoms with Crippen molar-refractivity contribution in [3.05, 3.63) is 23.8 Å². The van der Waals surface area contributed by atoms with Gasteiger partial charge in [-0.15, -0.1) is 6.42 Å². The maximum Gasteiger partial charge on any atom is 0 e. The van der Waals surface area contributed by atoms with Crippen molar-refractivity contribution in [3.63, 3.8) is 0 Å². The molecule has 41 valence electrons. The number of rotatable bonds is 0. The molecule has 0 fully saturated rings. The van der Waals surface area contributed by atoms with Crippen LogP contribution in [0, 0.1) is 6.08 Å². The Bertz CT molecular complexity index is 98.0. The van der Waals surface area contributed by atoms with E-state index in [9.17, 15) is 0 Å². The third-order valence-electron chi connectivity index (χ3n) is 0.867. The van der Waals surface area contributed by atoms with Gasteiger partial charge in [-0.2, -0.15) is 6.08 Å². The first-order valence-electron chi connectivity index (χ1n) is 2.13. The SMILES string of the molecule is CC1=[C-]CC=C1.[Co]. The van der Waals surface area contributed by atoms with E-state index in [1.807, 2.05) is 0 Å². The second kappa shape index (κ2) is 3.05. The van der Waals surface area contributed by atoms with E-state index in [0.717, 1.165) is 6.42 Å². The molecule has 0 N–H and O–H groups in total. The average molecular weight is 138 g/mol. The first-order chi connectivity index (χ1) is 2.89. The second-order valence-corrected chi connectivity index (χ2v) is 1.47. The summed E-state index contributed by atoms with van der Waals surface area (Å²) in [7, 11) is 0. The molecule has 1 radical (unpaired) electrons. The largest absolute Gasteiger partial charge is 0.270 e. The van der Waals surface area contributed by atoms with Crippen molar-refractivity contribution in [3.8, 4) is 0 Å². The molecule has 1 rings (SSSR count). The van der Waals surface area contributed by atoms with Crippen LogP contribution in [0.2, 0.25) is 0 Å². The minimum atomic E-state index is 0. The van der Waals surface area contributed by atoms with Gasteiger partial charge < -0.3 is 0 Å². The molecule has 1 aliphatic carbocycles. The summed E-state index contributed by atoms with van der Waals surface area (Å²) in [5.74, 6) is 0. The quantitative estimate of drug-likeness (QED) is 0.447. The van der Waals surface area contributed by atoms with Crippen LogP contribution in [0.15, 0.2) is 17.7 Å². The predicted molar refractivity (Wildman–Crippen MR) is 26.2 cm³/mol. The van der Waals surface area contributed by atoms with Crippen molar-refractivity contribution < 1.29 is 16.8 Å². The summed E-state index contributed by atoms with van der Waals surface area (Å²) in [6.07, 6.45) is 8.33. The Morgan fingerprint density at radius 2 is 2.43 bits per heavy atom. The van der Waals surface area contributed by atoms with Crippen molar-refractivity contribution in [2.45, 2.75) is 13.3 Å². The maximum atomic E-state index is 3.12. The van der Waals surface area contributed by atoms with Gasteiger partial charge in [0.1, 0.15) is 0 Å². The normalized spacial score (nSPS) is 15.9. The Hall–Kier alpha value is -0.0135. The molecule has 0 aromatic rings.